The summed E-state index contributed by atoms with van der Waals surface area (Å²) in [6, 6.07) is 2.03. The lowest BCUT2D eigenvalue weighted by molar-refractivity contribution is -0.143. The van der Waals surface area contributed by atoms with Gasteiger partial charge < -0.3 is 4.74 Å². The Bertz CT molecular complexity index is 323. The van der Waals surface area contributed by atoms with E-state index < -0.39 is 0 Å². The molecule has 0 unspecified atom stereocenters. The quantitative estimate of drug-likeness (QED) is 0.562. The highest BCUT2D eigenvalue weighted by molar-refractivity contribution is 9.11. The number of carbonyl (C=O) groups excluding carboxylic acids is 1. The summed E-state index contributed by atoms with van der Waals surface area (Å²) in [7, 11) is 0. The Morgan fingerprint density at radius 3 is 2.94 bits per heavy atom. The van der Waals surface area contributed by atoms with Crippen molar-refractivity contribution >= 4 is 33.2 Å². The Labute approximate surface area is 109 Å². The maximum atomic E-state index is 11.1. The zero-order valence-corrected chi connectivity index (χ0v) is 11.8. The van der Waals surface area contributed by atoms with Crippen molar-refractivity contribution in [3.63, 3.8) is 0 Å². The van der Waals surface area contributed by atoms with Gasteiger partial charge in [0.1, 0.15) is 0 Å². The molecule has 1 radical (unpaired) electrons. The van der Waals surface area contributed by atoms with Crippen molar-refractivity contribution < 1.29 is 9.53 Å². The maximum absolute atomic E-state index is 11.1. The van der Waals surface area contributed by atoms with Gasteiger partial charge in [-0.05, 0) is 53.7 Å². The van der Waals surface area contributed by atoms with E-state index in [1.807, 2.05) is 13.0 Å². The number of rotatable bonds is 7. The number of unbranched alkanes of at least 4 members (excludes halogenated alkanes) is 2. The number of esters is 1. The molecule has 0 saturated heterocycles. The summed E-state index contributed by atoms with van der Waals surface area (Å²) >= 11 is 5.09. The van der Waals surface area contributed by atoms with Gasteiger partial charge in [-0.25, -0.2) is 0 Å². The van der Waals surface area contributed by atoms with Crippen molar-refractivity contribution in [2.75, 3.05) is 6.61 Å². The summed E-state index contributed by atoms with van der Waals surface area (Å²) in [5.41, 5.74) is 1.32. The van der Waals surface area contributed by atoms with Gasteiger partial charge in [0.2, 0.25) is 0 Å². The molecule has 0 bridgehead atoms. The van der Waals surface area contributed by atoms with Crippen LogP contribution in [0.2, 0.25) is 0 Å². The van der Waals surface area contributed by atoms with E-state index in [-0.39, 0.29) is 5.97 Å². The molecular formula is C12H16BrO2S. The Kier molecular flexibility index (Phi) is 6.73. The summed E-state index contributed by atoms with van der Waals surface area (Å²) in [6.07, 6.45) is 4.71. The predicted molar refractivity (Wildman–Crippen MR) is 69.7 cm³/mol. The molecule has 1 rings (SSSR count). The summed E-state index contributed by atoms with van der Waals surface area (Å²) in [5.74, 6) is -0.0763. The molecule has 2 nitrogen and oxygen atoms in total. The monoisotopic (exact) mass is 303 g/mol. The fraction of sp³-hybridized carbons (Fsp3) is 0.583. The van der Waals surface area contributed by atoms with Gasteiger partial charge in [-0.2, -0.15) is 0 Å². The third-order valence-electron chi connectivity index (χ3n) is 2.27. The molecule has 0 spiro atoms. The summed E-state index contributed by atoms with van der Waals surface area (Å²) in [5, 5.41) is 3.09. The normalized spacial score (nSPS) is 10.4. The van der Waals surface area contributed by atoms with Crippen LogP contribution in [0.1, 0.15) is 38.2 Å². The number of thiophene rings is 1. The minimum Gasteiger partial charge on any atom is -0.466 e. The Morgan fingerprint density at radius 2 is 2.31 bits per heavy atom. The average molecular weight is 304 g/mol. The summed E-state index contributed by atoms with van der Waals surface area (Å²) in [4.78, 5) is 11.1. The zero-order valence-electron chi connectivity index (χ0n) is 9.42. The van der Waals surface area contributed by atoms with Crippen LogP contribution >= 0.6 is 27.3 Å². The van der Waals surface area contributed by atoms with E-state index in [9.17, 15) is 4.79 Å². The van der Waals surface area contributed by atoms with Gasteiger partial charge in [0.15, 0.2) is 0 Å². The first-order valence-corrected chi connectivity index (χ1v) is 7.15. The lowest BCUT2D eigenvalue weighted by Crippen LogP contribution is -2.03. The van der Waals surface area contributed by atoms with Crippen molar-refractivity contribution in [3.05, 3.63) is 20.8 Å². The van der Waals surface area contributed by atoms with Gasteiger partial charge in [-0.1, -0.05) is 6.42 Å². The van der Waals surface area contributed by atoms with Crippen molar-refractivity contribution in [2.45, 2.75) is 39.0 Å². The van der Waals surface area contributed by atoms with Crippen LogP contribution in [0, 0.1) is 5.38 Å². The molecule has 16 heavy (non-hydrogen) atoms. The second-order valence-corrected chi connectivity index (χ2v) is 5.69. The second kappa shape index (κ2) is 7.85. The highest BCUT2D eigenvalue weighted by Gasteiger charge is 2.03. The first-order chi connectivity index (χ1) is 7.74. The first-order valence-electron chi connectivity index (χ1n) is 5.54. The van der Waals surface area contributed by atoms with Crippen LogP contribution in [0.4, 0.5) is 0 Å². The van der Waals surface area contributed by atoms with E-state index in [0.717, 1.165) is 25.7 Å². The number of halogens is 1. The van der Waals surface area contributed by atoms with Crippen LogP contribution in [0.25, 0.3) is 0 Å². The molecule has 0 aliphatic rings. The van der Waals surface area contributed by atoms with E-state index in [1.54, 1.807) is 11.3 Å². The summed E-state index contributed by atoms with van der Waals surface area (Å²) in [6.45, 7) is 2.32. The summed E-state index contributed by atoms with van der Waals surface area (Å²) < 4.78 is 6.04. The van der Waals surface area contributed by atoms with Gasteiger partial charge in [0.05, 0.1) is 10.4 Å². The van der Waals surface area contributed by atoms with E-state index in [2.05, 4.69) is 21.3 Å². The van der Waals surface area contributed by atoms with Crippen molar-refractivity contribution in [1.82, 2.24) is 0 Å². The first kappa shape index (κ1) is 13.7. The van der Waals surface area contributed by atoms with Gasteiger partial charge in [0.25, 0.3) is 0 Å². The molecule has 1 aromatic heterocycles. The SMILES string of the molecule is CCOC(=O)CCCCCc1c[c]sc1Br. The minimum atomic E-state index is -0.0763. The lowest BCUT2D eigenvalue weighted by atomic mass is 10.1. The molecule has 0 saturated carbocycles. The fourth-order valence-electron chi connectivity index (χ4n) is 1.44. The van der Waals surface area contributed by atoms with Crippen LogP contribution in [-0.4, -0.2) is 12.6 Å². The third-order valence-corrected chi connectivity index (χ3v) is 3.94. The van der Waals surface area contributed by atoms with Crippen LogP contribution in [0.3, 0.4) is 0 Å². The van der Waals surface area contributed by atoms with Crippen molar-refractivity contribution in [3.8, 4) is 0 Å². The molecule has 0 N–H and O–H groups in total. The molecule has 0 aliphatic heterocycles. The van der Waals surface area contributed by atoms with E-state index in [4.69, 9.17) is 4.74 Å². The van der Waals surface area contributed by atoms with Crippen LogP contribution in [0.15, 0.2) is 9.85 Å². The molecule has 1 aromatic rings. The van der Waals surface area contributed by atoms with Gasteiger partial charge in [-0.3, -0.25) is 4.79 Å². The largest absolute Gasteiger partial charge is 0.466 e. The predicted octanol–water partition coefficient (Wildman–Crippen LogP) is 3.98. The van der Waals surface area contributed by atoms with Gasteiger partial charge >= 0.3 is 5.97 Å². The topological polar surface area (TPSA) is 26.3 Å². The number of aryl methyl sites for hydroxylation is 1. The van der Waals surface area contributed by atoms with Crippen LogP contribution in [-0.2, 0) is 16.0 Å². The Morgan fingerprint density at radius 1 is 1.50 bits per heavy atom. The fourth-order valence-corrected chi connectivity index (χ4v) is 2.63. The average Bonchev–Trinajstić information content (AvgIpc) is 2.64. The minimum absolute atomic E-state index is 0.0763. The van der Waals surface area contributed by atoms with Crippen LogP contribution < -0.4 is 0 Å². The van der Waals surface area contributed by atoms with Gasteiger partial charge in [0, 0.05) is 11.8 Å². The van der Waals surface area contributed by atoms with Crippen molar-refractivity contribution in [2.24, 2.45) is 0 Å². The number of ether oxygens (including phenoxy) is 1. The highest BCUT2D eigenvalue weighted by Crippen LogP contribution is 2.24. The highest BCUT2D eigenvalue weighted by atomic mass is 79.9. The maximum Gasteiger partial charge on any atom is 0.305 e. The molecular weight excluding hydrogens is 288 g/mol. The molecule has 89 valence electrons. The third kappa shape index (κ3) is 5.12. The molecule has 0 fully saturated rings. The Hall–Kier alpha value is -0.350. The van der Waals surface area contributed by atoms with Gasteiger partial charge in [-0.15, -0.1) is 11.3 Å². The molecule has 0 atom stereocenters. The molecule has 0 aliphatic carbocycles. The van der Waals surface area contributed by atoms with E-state index >= 15 is 0 Å². The van der Waals surface area contributed by atoms with Crippen LogP contribution in [0.5, 0.6) is 0 Å². The van der Waals surface area contributed by atoms with E-state index in [0.29, 0.717) is 13.0 Å². The number of hydrogen-bond acceptors (Lipinski definition) is 3. The second-order valence-electron chi connectivity index (χ2n) is 3.53. The molecule has 0 amide bonds. The lowest BCUT2D eigenvalue weighted by Gasteiger charge is -2.02. The smallest absolute Gasteiger partial charge is 0.305 e. The Balaban J connectivity index is 2.04. The van der Waals surface area contributed by atoms with E-state index in [1.165, 1.54) is 9.35 Å². The van der Waals surface area contributed by atoms with Crippen molar-refractivity contribution in [1.29, 1.82) is 0 Å². The standard InChI is InChI=1S/C12H16BrO2S/c1-2-15-11(14)7-5-3-4-6-10-8-9-16-12(10)13/h8H,2-7H2,1H3. The molecule has 1 heterocycles. The number of carbonyl (C=O) groups is 1. The molecule has 0 aromatic carbocycles. The zero-order chi connectivity index (χ0) is 11.8. The number of hydrogen-bond donors (Lipinski definition) is 0. The molecule has 4 heteroatoms.